The van der Waals surface area contributed by atoms with Crippen molar-refractivity contribution in [2.45, 2.75) is 24.7 Å². The predicted molar refractivity (Wildman–Crippen MR) is 121 cm³/mol. The Bertz CT molecular complexity index is 1190. The molecule has 8 nitrogen and oxygen atoms in total. The van der Waals surface area contributed by atoms with Crippen LogP contribution in [0, 0.1) is 0 Å². The van der Waals surface area contributed by atoms with E-state index in [4.69, 9.17) is 4.74 Å². The lowest BCUT2D eigenvalue weighted by atomic mass is 10.0. The predicted octanol–water partition coefficient (Wildman–Crippen LogP) is 3.84. The standard InChI is InChI=1S/C21H24N4O4S2/c1-13(2)14-6-8-15(9-7-14)20-23-24-21(30-20)22-19(26)16-10-11-17(29-5)18(12-16)31(27,28)25(3)4/h6-13H,1-5H3,(H,22,24,26). The molecule has 0 aliphatic heterocycles. The van der Waals surface area contributed by atoms with Gasteiger partial charge in [-0.15, -0.1) is 10.2 Å². The van der Waals surface area contributed by atoms with Gasteiger partial charge < -0.3 is 4.74 Å². The minimum Gasteiger partial charge on any atom is -0.495 e. The van der Waals surface area contributed by atoms with Crippen LogP contribution in [0.4, 0.5) is 5.13 Å². The van der Waals surface area contributed by atoms with Gasteiger partial charge in [0.2, 0.25) is 15.2 Å². The van der Waals surface area contributed by atoms with E-state index in [1.807, 2.05) is 24.3 Å². The van der Waals surface area contributed by atoms with Gasteiger partial charge in [0.05, 0.1) is 7.11 Å². The first-order valence-electron chi connectivity index (χ1n) is 9.49. The molecule has 0 fully saturated rings. The molecule has 0 spiro atoms. The number of nitrogens with one attached hydrogen (secondary N) is 1. The molecule has 0 bridgehead atoms. The van der Waals surface area contributed by atoms with E-state index in [-0.39, 0.29) is 16.2 Å². The molecule has 1 aromatic heterocycles. The van der Waals surface area contributed by atoms with Crippen molar-refractivity contribution in [3.05, 3.63) is 53.6 Å². The van der Waals surface area contributed by atoms with Gasteiger partial charge in [-0.1, -0.05) is 49.4 Å². The second-order valence-corrected chi connectivity index (χ2v) is 10.4. The van der Waals surface area contributed by atoms with Crippen molar-refractivity contribution >= 4 is 32.4 Å². The largest absolute Gasteiger partial charge is 0.495 e. The van der Waals surface area contributed by atoms with Crippen LogP contribution in [0.25, 0.3) is 10.6 Å². The van der Waals surface area contributed by atoms with Crippen LogP contribution in [0.2, 0.25) is 0 Å². The van der Waals surface area contributed by atoms with E-state index in [9.17, 15) is 13.2 Å². The molecule has 3 rings (SSSR count). The molecule has 3 aromatic rings. The van der Waals surface area contributed by atoms with Crippen LogP contribution < -0.4 is 10.1 Å². The van der Waals surface area contributed by atoms with E-state index in [0.717, 1.165) is 9.87 Å². The quantitative estimate of drug-likeness (QED) is 0.575. The van der Waals surface area contributed by atoms with E-state index in [1.165, 1.54) is 56.3 Å². The number of amides is 1. The number of ether oxygens (including phenoxy) is 1. The fourth-order valence-corrected chi connectivity index (χ4v) is 4.61. The van der Waals surface area contributed by atoms with Crippen LogP contribution >= 0.6 is 11.3 Å². The maximum Gasteiger partial charge on any atom is 0.257 e. The van der Waals surface area contributed by atoms with Crippen molar-refractivity contribution in [1.29, 1.82) is 0 Å². The Labute approximate surface area is 185 Å². The molecule has 1 amide bonds. The van der Waals surface area contributed by atoms with Crippen LogP contribution in [0.5, 0.6) is 5.75 Å². The number of sulfonamides is 1. The fourth-order valence-electron chi connectivity index (χ4n) is 2.79. The number of aromatic nitrogens is 2. The van der Waals surface area contributed by atoms with Gasteiger partial charge in [-0.2, -0.15) is 0 Å². The first kappa shape index (κ1) is 22.9. The summed E-state index contributed by atoms with van der Waals surface area (Å²) in [6.07, 6.45) is 0. The van der Waals surface area contributed by atoms with Gasteiger partial charge in [0.25, 0.3) is 5.91 Å². The lowest BCUT2D eigenvalue weighted by Gasteiger charge is -2.15. The highest BCUT2D eigenvalue weighted by molar-refractivity contribution is 7.89. The Morgan fingerprint density at radius 2 is 1.77 bits per heavy atom. The van der Waals surface area contributed by atoms with E-state index < -0.39 is 15.9 Å². The van der Waals surface area contributed by atoms with Gasteiger partial charge in [0.1, 0.15) is 15.7 Å². The van der Waals surface area contributed by atoms with Crippen molar-refractivity contribution in [3.8, 4) is 16.3 Å². The molecular formula is C21H24N4O4S2. The summed E-state index contributed by atoms with van der Waals surface area (Å²) < 4.78 is 31.3. The van der Waals surface area contributed by atoms with Crippen molar-refractivity contribution in [3.63, 3.8) is 0 Å². The van der Waals surface area contributed by atoms with Crippen molar-refractivity contribution in [2.24, 2.45) is 0 Å². The Hall–Kier alpha value is -2.82. The van der Waals surface area contributed by atoms with Gasteiger partial charge in [0, 0.05) is 25.2 Å². The molecule has 0 saturated heterocycles. The van der Waals surface area contributed by atoms with Crippen LogP contribution in [-0.4, -0.2) is 50.0 Å². The normalized spacial score (nSPS) is 11.7. The number of carbonyl (C=O) groups excluding carboxylic acids is 1. The van der Waals surface area contributed by atoms with E-state index in [2.05, 4.69) is 29.4 Å². The van der Waals surface area contributed by atoms with Crippen LogP contribution in [-0.2, 0) is 10.0 Å². The molecule has 164 valence electrons. The van der Waals surface area contributed by atoms with E-state index >= 15 is 0 Å². The summed E-state index contributed by atoms with van der Waals surface area (Å²) >= 11 is 1.24. The summed E-state index contributed by atoms with van der Waals surface area (Å²) in [7, 11) is 0.417. The summed E-state index contributed by atoms with van der Waals surface area (Å²) in [5.41, 5.74) is 2.30. The van der Waals surface area contributed by atoms with Gasteiger partial charge >= 0.3 is 0 Å². The fraction of sp³-hybridized carbons (Fsp3) is 0.286. The minimum atomic E-state index is -3.79. The average molecular weight is 461 g/mol. The first-order valence-corrected chi connectivity index (χ1v) is 11.7. The molecule has 31 heavy (non-hydrogen) atoms. The van der Waals surface area contributed by atoms with Crippen molar-refractivity contribution < 1.29 is 17.9 Å². The van der Waals surface area contributed by atoms with Crippen LogP contribution in [0.3, 0.4) is 0 Å². The molecule has 0 aliphatic carbocycles. The lowest BCUT2D eigenvalue weighted by Crippen LogP contribution is -2.23. The summed E-state index contributed by atoms with van der Waals surface area (Å²) in [6.45, 7) is 4.25. The van der Waals surface area contributed by atoms with Gasteiger partial charge in [0.15, 0.2) is 0 Å². The lowest BCUT2D eigenvalue weighted by molar-refractivity contribution is 0.102. The zero-order valence-corrected chi connectivity index (χ0v) is 19.5. The molecule has 2 aromatic carbocycles. The van der Waals surface area contributed by atoms with E-state index in [0.29, 0.717) is 16.1 Å². The third kappa shape index (κ3) is 4.92. The first-order chi connectivity index (χ1) is 14.6. The number of nitrogens with zero attached hydrogens (tertiary/aromatic N) is 3. The summed E-state index contributed by atoms with van der Waals surface area (Å²) in [6, 6.07) is 12.3. The Morgan fingerprint density at radius 1 is 1.10 bits per heavy atom. The second kappa shape index (κ2) is 9.13. The molecular weight excluding hydrogens is 436 g/mol. The molecule has 0 saturated carbocycles. The zero-order valence-electron chi connectivity index (χ0n) is 17.9. The molecule has 0 unspecified atom stereocenters. The SMILES string of the molecule is COc1ccc(C(=O)Nc2nnc(-c3ccc(C(C)C)cc3)s2)cc1S(=O)(=O)N(C)C. The topological polar surface area (TPSA) is 101 Å². The summed E-state index contributed by atoms with van der Waals surface area (Å²) in [5.74, 6) is 0.105. The van der Waals surface area contributed by atoms with Gasteiger partial charge in [-0.05, 0) is 29.7 Å². The number of benzene rings is 2. The number of anilines is 1. The highest BCUT2D eigenvalue weighted by Gasteiger charge is 2.24. The molecule has 0 aliphatic rings. The maximum absolute atomic E-state index is 12.7. The third-order valence-electron chi connectivity index (χ3n) is 4.65. The highest BCUT2D eigenvalue weighted by Crippen LogP contribution is 2.29. The Balaban J connectivity index is 1.82. The number of hydrogen-bond acceptors (Lipinski definition) is 7. The summed E-state index contributed by atoms with van der Waals surface area (Å²) in [5, 5.41) is 11.9. The second-order valence-electron chi connectivity index (χ2n) is 7.30. The molecule has 0 atom stereocenters. The van der Waals surface area contributed by atoms with Crippen LogP contribution in [0.1, 0.15) is 35.7 Å². The monoisotopic (exact) mass is 460 g/mol. The highest BCUT2D eigenvalue weighted by atomic mass is 32.2. The summed E-state index contributed by atoms with van der Waals surface area (Å²) in [4.78, 5) is 12.6. The van der Waals surface area contributed by atoms with Crippen LogP contribution in [0.15, 0.2) is 47.4 Å². The van der Waals surface area contributed by atoms with Crippen molar-refractivity contribution in [2.75, 3.05) is 26.5 Å². The van der Waals surface area contributed by atoms with Gasteiger partial charge in [-0.3, -0.25) is 10.1 Å². The average Bonchev–Trinajstić information content (AvgIpc) is 3.21. The molecule has 1 N–H and O–H groups in total. The number of carbonyl (C=O) groups is 1. The maximum atomic E-state index is 12.7. The number of methoxy groups -OCH3 is 1. The van der Waals surface area contributed by atoms with E-state index in [1.54, 1.807) is 0 Å². The third-order valence-corrected chi connectivity index (χ3v) is 7.38. The smallest absolute Gasteiger partial charge is 0.257 e. The Morgan fingerprint density at radius 3 is 2.35 bits per heavy atom. The number of rotatable bonds is 7. The molecule has 10 heteroatoms. The number of hydrogen-bond donors (Lipinski definition) is 1. The molecule has 0 radical (unpaired) electrons. The Kier molecular flexibility index (Phi) is 6.73. The minimum absolute atomic E-state index is 0.0872. The zero-order chi connectivity index (χ0) is 22.8. The molecule has 1 heterocycles. The van der Waals surface area contributed by atoms with Crippen molar-refractivity contribution in [1.82, 2.24) is 14.5 Å². The van der Waals surface area contributed by atoms with Gasteiger partial charge in [-0.25, -0.2) is 12.7 Å².